The lowest BCUT2D eigenvalue weighted by Crippen LogP contribution is -2.64. The SMILES string of the molecule is CC(C)(O)[C@@H]1C[C@H](CO)N1Cc1ccccc1. The first-order valence-corrected chi connectivity index (χ1v) is 6.15. The van der Waals surface area contributed by atoms with Crippen LogP contribution in [-0.2, 0) is 6.54 Å². The molecule has 1 aliphatic rings. The maximum Gasteiger partial charge on any atom is 0.0747 e. The zero-order valence-electron chi connectivity index (χ0n) is 10.5. The molecule has 0 radical (unpaired) electrons. The third kappa shape index (κ3) is 2.68. The minimum Gasteiger partial charge on any atom is -0.395 e. The fourth-order valence-corrected chi connectivity index (χ4v) is 2.55. The number of nitrogens with zero attached hydrogens (tertiary/aromatic N) is 1. The molecule has 0 unspecified atom stereocenters. The third-order valence-electron chi connectivity index (χ3n) is 3.60. The molecule has 3 heteroatoms. The summed E-state index contributed by atoms with van der Waals surface area (Å²) in [5.41, 5.74) is 0.514. The van der Waals surface area contributed by atoms with Crippen molar-refractivity contribution in [2.24, 2.45) is 0 Å². The highest BCUT2D eigenvalue weighted by Gasteiger charge is 2.45. The van der Waals surface area contributed by atoms with Gasteiger partial charge in [0, 0.05) is 18.6 Å². The van der Waals surface area contributed by atoms with Gasteiger partial charge in [-0.3, -0.25) is 4.90 Å². The second kappa shape index (κ2) is 4.77. The van der Waals surface area contributed by atoms with Crippen LogP contribution in [0.25, 0.3) is 0 Å². The van der Waals surface area contributed by atoms with E-state index >= 15 is 0 Å². The van der Waals surface area contributed by atoms with Gasteiger partial charge in [0.15, 0.2) is 0 Å². The summed E-state index contributed by atoms with van der Waals surface area (Å²) in [6.45, 7) is 4.63. The Bertz CT molecular complexity index is 358. The van der Waals surface area contributed by atoms with Gasteiger partial charge in [-0.05, 0) is 25.8 Å². The maximum atomic E-state index is 10.1. The van der Waals surface area contributed by atoms with E-state index in [0.717, 1.165) is 13.0 Å². The summed E-state index contributed by atoms with van der Waals surface area (Å²) < 4.78 is 0. The Morgan fingerprint density at radius 3 is 2.47 bits per heavy atom. The van der Waals surface area contributed by atoms with Crippen LogP contribution in [0.5, 0.6) is 0 Å². The predicted octanol–water partition coefficient (Wildman–Crippen LogP) is 1.39. The number of aliphatic hydroxyl groups is 2. The Morgan fingerprint density at radius 1 is 1.29 bits per heavy atom. The van der Waals surface area contributed by atoms with Gasteiger partial charge in [-0.2, -0.15) is 0 Å². The molecule has 0 spiro atoms. The molecule has 2 rings (SSSR count). The molecule has 2 N–H and O–H groups in total. The van der Waals surface area contributed by atoms with Gasteiger partial charge in [-0.15, -0.1) is 0 Å². The summed E-state index contributed by atoms with van der Waals surface area (Å²) in [6, 6.07) is 10.5. The van der Waals surface area contributed by atoms with Crippen molar-refractivity contribution in [1.29, 1.82) is 0 Å². The van der Waals surface area contributed by atoms with Crippen LogP contribution in [0, 0.1) is 0 Å². The van der Waals surface area contributed by atoms with E-state index in [0.29, 0.717) is 0 Å². The molecule has 0 saturated carbocycles. The smallest absolute Gasteiger partial charge is 0.0747 e. The fourth-order valence-electron chi connectivity index (χ4n) is 2.55. The number of aliphatic hydroxyl groups excluding tert-OH is 1. The summed E-state index contributed by atoms with van der Waals surface area (Å²) >= 11 is 0. The Balaban J connectivity index is 2.06. The van der Waals surface area contributed by atoms with Crippen molar-refractivity contribution in [3.05, 3.63) is 35.9 Å². The van der Waals surface area contributed by atoms with Crippen molar-refractivity contribution in [2.75, 3.05) is 6.61 Å². The summed E-state index contributed by atoms with van der Waals surface area (Å²) in [6.07, 6.45) is 0.868. The molecule has 94 valence electrons. The maximum absolute atomic E-state index is 10.1. The van der Waals surface area contributed by atoms with Crippen LogP contribution in [0.1, 0.15) is 25.8 Å². The van der Waals surface area contributed by atoms with Crippen molar-refractivity contribution in [3.63, 3.8) is 0 Å². The van der Waals surface area contributed by atoms with E-state index in [9.17, 15) is 10.2 Å². The largest absolute Gasteiger partial charge is 0.395 e. The second-order valence-corrected chi connectivity index (χ2v) is 5.40. The number of rotatable bonds is 4. The van der Waals surface area contributed by atoms with Gasteiger partial charge in [-0.1, -0.05) is 30.3 Å². The third-order valence-corrected chi connectivity index (χ3v) is 3.60. The normalized spacial score (nSPS) is 25.6. The van der Waals surface area contributed by atoms with Crippen LogP contribution in [0.4, 0.5) is 0 Å². The number of likely N-dealkylation sites (tertiary alicyclic amines) is 1. The quantitative estimate of drug-likeness (QED) is 0.829. The molecule has 1 aliphatic heterocycles. The van der Waals surface area contributed by atoms with E-state index < -0.39 is 5.60 Å². The molecular weight excluding hydrogens is 214 g/mol. The molecule has 1 heterocycles. The van der Waals surface area contributed by atoms with E-state index in [-0.39, 0.29) is 18.7 Å². The van der Waals surface area contributed by atoms with Crippen LogP contribution >= 0.6 is 0 Å². The van der Waals surface area contributed by atoms with Gasteiger partial charge >= 0.3 is 0 Å². The molecule has 0 aliphatic carbocycles. The van der Waals surface area contributed by atoms with Crippen molar-refractivity contribution in [2.45, 2.75) is 44.5 Å². The zero-order chi connectivity index (χ0) is 12.5. The summed E-state index contributed by atoms with van der Waals surface area (Å²) in [5.74, 6) is 0. The predicted molar refractivity (Wildman–Crippen MR) is 67.6 cm³/mol. The van der Waals surface area contributed by atoms with Gasteiger partial charge in [0.1, 0.15) is 0 Å². The van der Waals surface area contributed by atoms with Crippen LogP contribution in [-0.4, -0.2) is 39.4 Å². The molecule has 1 aromatic carbocycles. The highest BCUT2D eigenvalue weighted by atomic mass is 16.3. The summed E-state index contributed by atoms with van der Waals surface area (Å²) in [7, 11) is 0. The number of benzene rings is 1. The first-order chi connectivity index (χ1) is 8.02. The average Bonchev–Trinajstić information content (AvgIpc) is 2.25. The van der Waals surface area contributed by atoms with Crippen LogP contribution in [0.3, 0.4) is 0 Å². The van der Waals surface area contributed by atoms with Gasteiger partial charge in [-0.25, -0.2) is 0 Å². The monoisotopic (exact) mass is 235 g/mol. The van der Waals surface area contributed by atoms with E-state index in [1.54, 1.807) is 0 Å². The standard InChI is InChI=1S/C14H21NO2/c1-14(2,17)13-8-12(10-16)15(13)9-11-6-4-3-5-7-11/h3-7,12-13,16-17H,8-10H2,1-2H3/t12-,13+/m1/s1. The topological polar surface area (TPSA) is 43.7 Å². The highest BCUT2D eigenvalue weighted by molar-refractivity contribution is 5.16. The number of hydrogen-bond acceptors (Lipinski definition) is 3. The fraction of sp³-hybridized carbons (Fsp3) is 0.571. The molecule has 1 aromatic rings. The molecule has 1 fully saturated rings. The molecule has 17 heavy (non-hydrogen) atoms. The zero-order valence-corrected chi connectivity index (χ0v) is 10.5. The lowest BCUT2D eigenvalue weighted by molar-refractivity contribution is -0.120. The Kier molecular flexibility index (Phi) is 3.52. The first-order valence-electron chi connectivity index (χ1n) is 6.15. The minimum atomic E-state index is -0.708. The average molecular weight is 235 g/mol. The van der Waals surface area contributed by atoms with Crippen LogP contribution in [0.15, 0.2) is 30.3 Å². The van der Waals surface area contributed by atoms with Gasteiger partial charge in [0.25, 0.3) is 0 Å². The van der Waals surface area contributed by atoms with E-state index in [2.05, 4.69) is 17.0 Å². The van der Waals surface area contributed by atoms with Crippen LogP contribution < -0.4 is 0 Å². The summed E-state index contributed by atoms with van der Waals surface area (Å²) in [4.78, 5) is 2.19. The molecule has 3 nitrogen and oxygen atoms in total. The first kappa shape index (κ1) is 12.6. The van der Waals surface area contributed by atoms with E-state index in [4.69, 9.17) is 0 Å². The van der Waals surface area contributed by atoms with E-state index in [1.165, 1.54) is 5.56 Å². The lowest BCUT2D eigenvalue weighted by Gasteiger charge is -2.53. The van der Waals surface area contributed by atoms with Crippen LogP contribution in [0.2, 0.25) is 0 Å². The van der Waals surface area contributed by atoms with Gasteiger partial charge < -0.3 is 10.2 Å². The van der Waals surface area contributed by atoms with Gasteiger partial charge in [0.05, 0.1) is 12.2 Å². The van der Waals surface area contributed by atoms with Gasteiger partial charge in [0.2, 0.25) is 0 Å². The molecule has 1 saturated heterocycles. The molecule has 0 amide bonds. The summed E-state index contributed by atoms with van der Waals surface area (Å²) in [5, 5.41) is 19.4. The van der Waals surface area contributed by atoms with Crippen molar-refractivity contribution >= 4 is 0 Å². The minimum absolute atomic E-state index is 0.139. The lowest BCUT2D eigenvalue weighted by atomic mass is 9.82. The van der Waals surface area contributed by atoms with E-state index in [1.807, 2.05) is 32.0 Å². The molecule has 2 atom stereocenters. The Labute approximate surface area is 103 Å². The molecular formula is C14H21NO2. The number of hydrogen-bond donors (Lipinski definition) is 2. The molecule has 0 bridgehead atoms. The Hall–Kier alpha value is -0.900. The Morgan fingerprint density at radius 2 is 1.94 bits per heavy atom. The second-order valence-electron chi connectivity index (χ2n) is 5.40. The van der Waals surface area contributed by atoms with Crippen molar-refractivity contribution in [1.82, 2.24) is 4.90 Å². The van der Waals surface area contributed by atoms with Crippen molar-refractivity contribution < 1.29 is 10.2 Å². The molecule has 0 aromatic heterocycles. The van der Waals surface area contributed by atoms with Crippen molar-refractivity contribution in [3.8, 4) is 0 Å². The highest BCUT2D eigenvalue weighted by Crippen LogP contribution is 2.34.